The zero-order valence-corrected chi connectivity index (χ0v) is 23.8. The summed E-state index contributed by atoms with van der Waals surface area (Å²) >= 11 is 0. The van der Waals surface area contributed by atoms with Crippen molar-refractivity contribution in [3.63, 3.8) is 0 Å². The molecular weight excluding hydrogens is 486 g/mol. The van der Waals surface area contributed by atoms with Crippen LogP contribution in [0.25, 0.3) is 16.6 Å². The molecule has 0 bridgehead atoms. The number of rotatable bonds is 7. The van der Waals surface area contributed by atoms with Gasteiger partial charge < -0.3 is 19.3 Å². The standard InChI is InChI=1S/C29H39N3O6/c1-15(2)18(5)30-19(6)21-13-23(20-11-12-22(36-10)16(3)25(20)31-21)37-24-14-32(26(17(24)4)27(33)34)28(35)38-29(7,8)9/h11-13,15,17,24,26H,6,14H2,1-5,7-10H3,(H,33,34). The molecule has 0 spiro atoms. The van der Waals surface area contributed by atoms with Gasteiger partial charge in [-0.3, -0.25) is 9.89 Å². The van der Waals surface area contributed by atoms with E-state index in [1.807, 2.05) is 26.0 Å². The Labute approximate surface area is 224 Å². The second kappa shape index (κ2) is 11.0. The minimum atomic E-state index is -1.11. The summed E-state index contributed by atoms with van der Waals surface area (Å²) in [6, 6.07) is 4.38. The number of pyridine rings is 1. The van der Waals surface area contributed by atoms with Crippen LogP contribution in [0.1, 0.15) is 59.7 Å². The maximum absolute atomic E-state index is 12.9. The first-order valence-electron chi connectivity index (χ1n) is 12.8. The summed E-state index contributed by atoms with van der Waals surface area (Å²) in [6.07, 6.45) is -1.28. The minimum Gasteiger partial charge on any atom is -0.496 e. The second-order valence-electron chi connectivity index (χ2n) is 11.1. The number of benzene rings is 1. The maximum Gasteiger partial charge on any atom is 0.411 e. The highest BCUT2D eigenvalue weighted by molar-refractivity contribution is 5.93. The average molecular weight is 526 g/mol. The van der Waals surface area contributed by atoms with Crippen LogP contribution in [0.4, 0.5) is 4.79 Å². The number of aliphatic imine (C=N–C) groups is 1. The lowest BCUT2D eigenvalue weighted by molar-refractivity contribution is -0.143. The Bertz CT molecular complexity index is 1280. The Morgan fingerprint density at radius 1 is 1.24 bits per heavy atom. The van der Waals surface area contributed by atoms with E-state index in [0.717, 1.165) is 16.7 Å². The Morgan fingerprint density at radius 2 is 1.89 bits per heavy atom. The van der Waals surface area contributed by atoms with Gasteiger partial charge in [0.05, 0.1) is 30.6 Å². The van der Waals surface area contributed by atoms with Crippen molar-refractivity contribution in [2.24, 2.45) is 16.8 Å². The number of amides is 1. The van der Waals surface area contributed by atoms with Crippen LogP contribution in [-0.2, 0) is 9.53 Å². The number of hydrogen-bond acceptors (Lipinski definition) is 7. The number of likely N-dealkylation sites (tertiary alicyclic amines) is 1. The van der Waals surface area contributed by atoms with Crippen LogP contribution in [0.3, 0.4) is 0 Å². The number of fused-ring (bicyclic) bond motifs is 1. The highest BCUT2D eigenvalue weighted by atomic mass is 16.6. The highest BCUT2D eigenvalue weighted by Crippen LogP contribution is 2.37. The summed E-state index contributed by atoms with van der Waals surface area (Å²) in [6.45, 7) is 19.2. The third-order valence-electron chi connectivity index (χ3n) is 6.77. The first-order chi connectivity index (χ1) is 17.6. The van der Waals surface area contributed by atoms with Crippen LogP contribution in [0.15, 0.2) is 29.8 Å². The molecule has 2 aromatic rings. The van der Waals surface area contributed by atoms with E-state index in [2.05, 4.69) is 25.4 Å². The lowest BCUT2D eigenvalue weighted by atomic mass is 10.0. The molecule has 3 unspecified atom stereocenters. The molecule has 1 fully saturated rings. The molecule has 1 aliphatic rings. The summed E-state index contributed by atoms with van der Waals surface area (Å²) in [5.41, 5.74) is 2.68. The molecule has 0 aliphatic carbocycles. The van der Waals surface area contributed by atoms with Crippen molar-refractivity contribution >= 4 is 34.4 Å². The van der Waals surface area contributed by atoms with Crippen molar-refractivity contribution in [1.82, 2.24) is 9.88 Å². The monoisotopic (exact) mass is 525 g/mol. The number of carboxylic acid groups (broad SMARTS) is 1. The van der Waals surface area contributed by atoms with Gasteiger partial charge in [0.2, 0.25) is 0 Å². The van der Waals surface area contributed by atoms with Crippen LogP contribution in [0.2, 0.25) is 0 Å². The fourth-order valence-corrected chi connectivity index (χ4v) is 4.38. The van der Waals surface area contributed by atoms with E-state index in [-0.39, 0.29) is 12.5 Å². The minimum absolute atomic E-state index is 0.0624. The molecule has 1 aromatic heterocycles. The van der Waals surface area contributed by atoms with Crippen molar-refractivity contribution < 1.29 is 28.9 Å². The van der Waals surface area contributed by atoms with Crippen LogP contribution in [0, 0.1) is 18.8 Å². The van der Waals surface area contributed by atoms with Gasteiger partial charge in [-0.1, -0.05) is 27.4 Å². The zero-order valence-electron chi connectivity index (χ0n) is 23.8. The fourth-order valence-electron chi connectivity index (χ4n) is 4.38. The van der Waals surface area contributed by atoms with Crippen molar-refractivity contribution in [3.8, 4) is 11.5 Å². The van der Waals surface area contributed by atoms with E-state index in [1.165, 1.54) is 4.90 Å². The lowest BCUT2D eigenvalue weighted by Crippen LogP contribution is -2.45. The predicted molar refractivity (Wildman–Crippen MR) is 148 cm³/mol. The van der Waals surface area contributed by atoms with Crippen molar-refractivity contribution in [1.29, 1.82) is 0 Å². The number of carboxylic acids is 1. The molecule has 3 atom stereocenters. The van der Waals surface area contributed by atoms with Gasteiger partial charge in [-0.2, -0.15) is 0 Å². The first-order valence-corrected chi connectivity index (χ1v) is 12.8. The number of hydrogen-bond donors (Lipinski definition) is 1. The quantitative estimate of drug-likeness (QED) is 0.460. The molecule has 1 saturated heterocycles. The van der Waals surface area contributed by atoms with Crippen LogP contribution < -0.4 is 9.47 Å². The normalized spacial score (nSPS) is 20.1. The van der Waals surface area contributed by atoms with Gasteiger partial charge in [0.25, 0.3) is 0 Å². The van der Waals surface area contributed by atoms with Crippen molar-refractivity contribution in [2.75, 3.05) is 13.7 Å². The van der Waals surface area contributed by atoms with Gasteiger partial charge in [0.15, 0.2) is 0 Å². The number of methoxy groups -OCH3 is 1. The molecule has 2 heterocycles. The Morgan fingerprint density at radius 3 is 2.45 bits per heavy atom. The molecule has 1 amide bonds. The van der Waals surface area contributed by atoms with Gasteiger partial charge in [-0.15, -0.1) is 0 Å². The van der Waals surface area contributed by atoms with Crippen LogP contribution in [0.5, 0.6) is 11.5 Å². The Kier molecular flexibility index (Phi) is 8.39. The third kappa shape index (κ3) is 6.09. The molecule has 9 nitrogen and oxygen atoms in total. The maximum atomic E-state index is 12.9. The molecule has 3 rings (SSSR count). The SMILES string of the molecule is C=C(N=C(C)C(C)C)c1cc(OC2CN(C(=O)OC(C)(C)C)C(C(=O)O)C2C)c2ccc(OC)c(C)c2n1. The number of aromatic nitrogens is 1. The first kappa shape index (κ1) is 28.9. The van der Waals surface area contributed by atoms with Crippen molar-refractivity contribution in [3.05, 3.63) is 36.0 Å². The predicted octanol–water partition coefficient (Wildman–Crippen LogP) is 5.73. The highest BCUT2D eigenvalue weighted by Gasteiger charge is 2.48. The second-order valence-corrected chi connectivity index (χ2v) is 11.1. The number of aliphatic carboxylic acids is 1. The molecule has 0 radical (unpaired) electrons. The van der Waals surface area contributed by atoms with Gasteiger partial charge in [-0.25, -0.2) is 14.6 Å². The van der Waals surface area contributed by atoms with E-state index >= 15 is 0 Å². The third-order valence-corrected chi connectivity index (χ3v) is 6.77. The molecule has 1 N–H and O–H groups in total. The summed E-state index contributed by atoms with van der Waals surface area (Å²) < 4.78 is 17.5. The van der Waals surface area contributed by atoms with E-state index in [4.69, 9.17) is 19.2 Å². The molecule has 38 heavy (non-hydrogen) atoms. The van der Waals surface area contributed by atoms with Gasteiger partial charge in [0, 0.05) is 28.6 Å². The zero-order chi connectivity index (χ0) is 28.5. The summed E-state index contributed by atoms with van der Waals surface area (Å²) in [4.78, 5) is 35.8. The Hall–Kier alpha value is -3.62. The molecule has 206 valence electrons. The average Bonchev–Trinajstić information content (AvgIpc) is 3.14. The fraction of sp³-hybridized carbons (Fsp3) is 0.517. The molecule has 1 aromatic carbocycles. The number of nitrogens with zero attached hydrogens (tertiary/aromatic N) is 3. The summed E-state index contributed by atoms with van der Waals surface area (Å²) in [5.74, 6) is -0.188. The van der Waals surface area contributed by atoms with Crippen LogP contribution in [-0.4, -0.2) is 64.2 Å². The van der Waals surface area contributed by atoms with Crippen molar-refractivity contribution in [2.45, 2.75) is 73.1 Å². The summed E-state index contributed by atoms with van der Waals surface area (Å²) in [7, 11) is 1.60. The topological polar surface area (TPSA) is 111 Å². The number of ether oxygens (including phenoxy) is 3. The molecule has 1 aliphatic heterocycles. The number of carbonyl (C=O) groups is 2. The Balaban J connectivity index is 2.08. The lowest BCUT2D eigenvalue weighted by Gasteiger charge is -2.27. The smallest absolute Gasteiger partial charge is 0.411 e. The molecular formula is C29H39N3O6. The summed E-state index contributed by atoms with van der Waals surface area (Å²) in [5, 5.41) is 10.7. The largest absolute Gasteiger partial charge is 0.496 e. The molecule has 0 saturated carbocycles. The van der Waals surface area contributed by atoms with Gasteiger partial charge >= 0.3 is 12.1 Å². The number of aryl methyl sites for hydroxylation is 1. The van der Waals surface area contributed by atoms with Gasteiger partial charge in [0.1, 0.15) is 29.2 Å². The van der Waals surface area contributed by atoms with E-state index < -0.39 is 35.7 Å². The van der Waals surface area contributed by atoms with E-state index in [0.29, 0.717) is 28.4 Å². The van der Waals surface area contributed by atoms with E-state index in [9.17, 15) is 14.7 Å². The van der Waals surface area contributed by atoms with E-state index in [1.54, 1.807) is 40.9 Å². The number of carbonyl (C=O) groups excluding carboxylic acids is 1. The van der Waals surface area contributed by atoms with Gasteiger partial charge in [-0.05, 0) is 52.7 Å². The molecule has 9 heteroatoms. The van der Waals surface area contributed by atoms with Crippen LogP contribution >= 0.6 is 0 Å².